The molecule has 1 atom stereocenters. The van der Waals surface area contributed by atoms with Crippen LogP contribution in [0.5, 0.6) is 5.75 Å². The summed E-state index contributed by atoms with van der Waals surface area (Å²) >= 11 is 2.05. The van der Waals surface area contributed by atoms with Gasteiger partial charge in [-0.3, -0.25) is 9.69 Å². The van der Waals surface area contributed by atoms with E-state index in [-0.39, 0.29) is 30.6 Å². The lowest BCUT2D eigenvalue weighted by molar-refractivity contribution is -0.117. The van der Waals surface area contributed by atoms with Crippen molar-refractivity contribution in [2.24, 2.45) is 0 Å². The normalized spacial score (nSPS) is 20.2. The Morgan fingerprint density at radius 3 is 2.53 bits per heavy atom. The number of amides is 1. The molecule has 2 aliphatic heterocycles. The third-order valence-corrected chi connectivity index (χ3v) is 6.61. The minimum Gasteiger partial charge on any atom is -0.497 e. The summed E-state index contributed by atoms with van der Waals surface area (Å²) in [6, 6.07) is 6.05. The van der Waals surface area contributed by atoms with Gasteiger partial charge >= 0.3 is 0 Å². The van der Waals surface area contributed by atoms with E-state index in [4.69, 9.17) is 4.74 Å². The van der Waals surface area contributed by atoms with E-state index in [1.807, 2.05) is 22.6 Å². The van der Waals surface area contributed by atoms with E-state index in [2.05, 4.69) is 21.8 Å². The molecule has 0 bridgehead atoms. The monoisotopic (exact) mass is 528 g/mol. The number of piperazine rings is 1. The maximum Gasteiger partial charge on any atom is 0.228 e. The molecule has 30 heavy (non-hydrogen) atoms. The van der Waals surface area contributed by atoms with Crippen LogP contribution in [0.3, 0.4) is 0 Å². The van der Waals surface area contributed by atoms with Crippen molar-refractivity contribution in [1.82, 2.24) is 9.88 Å². The fourth-order valence-corrected chi connectivity index (χ4v) is 5.00. The second kappa shape index (κ2) is 8.62. The second-order valence-corrected chi connectivity index (χ2v) is 8.84. The molecule has 0 spiro atoms. The average molecular weight is 528 g/mol. The van der Waals surface area contributed by atoms with Crippen LogP contribution >= 0.6 is 22.6 Å². The predicted molar refractivity (Wildman–Crippen MR) is 119 cm³/mol. The van der Waals surface area contributed by atoms with Crippen LogP contribution in [0, 0.1) is 15.2 Å². The van der Waals surface area contributed by atoms with Crippen molar-refractivity contribution in [1.29, 1.82) is 0 Å². The lowest BCUT2D eigenvalue weighted by atomic mass is 9.97. The minimum absolute atomic E-state index is 0.0165. The van der Waals surface area contributed by atoms with Crippen molar-refractivity contribution in [3.8, 4) is 5.75 Å². The van der Waals surface area contributed by atoms with E-state index < -0.39 is 11.6 Å². The number of benzene rings is 1. The van der Waals surface area contributed by atoms with Gasteiger partial charge in [0.2, 0.25) is 5.91 Å². The number of hydrogen-bond acceptors (Lipinski definition) is 5. The smallest absolute Gasteiger partial charge is 0.228 e. The summed E-state index contributed by atoms with van der Waals surface area (Å²) in [4.78, 5) is 22.9. The molecule has 9 heteroatoms. The van der Waals surface area contributed by atoms with Gasteiger partial charge < -0.3 is 14.5 Å². The summed E-state index contributed by atoms with van der Waals surface area (Å²) in [5.74, 6) is -0.500. The highest BCUT2D eigenvalue weighted by Gasteiger charge is 2.36. The molecule has 3 heterocycles. The van der Waals surface area contributed by atoms with Crippen LogP contribution in [0.25, 0.3) is 0 Å². The summed E-state index contributed by atoms with van der Waals surface area (Å²) in [5, 5.41) is 0. The summed E-state index contributed by atoms with van der Waals surface area (Å²) in [5.41, 5.74) is 0.461. The first-order valence-corrected chi connectivity index (χ1v) is 10.9. The number of anilines is 2. The highest BCUT2D eigenvalue weighted by molar-refractivity contribution is 14.1. The molecule has 0 saturated carbocycles. The summed E-state index contributed by atoms with van der Waals surface area (Å²) in [6.45, 7) is 3.57. The van der Waals surface area contributed by atoms with E-state index in [1.165, 1.54) is 24.1 Å². The third kappa shape index (κ3) is 4.09. The zero-order valence-electron chi connectivity index (χ0n) is 16.9. The number of ether oxygens (including phenoxy) is 1. The van der Waals surface area contributed by atoms with Gasteiger partial charge in [-0.15, -0.1) is 0 Å². The topological polar surface area (TPSA) is 48.9 Å². The highest BCUT2D eigenvalue weighted by Crippen LogP contribution is 2.37. The summed E-state index contributed by atoms with van der Waals surface area (Å²) < 4.78 is 35.1. The van der Waals surface area contributed by atoms with Crippen molar-refractivity contribution >= 4 is 40.1 Å². The zero-order valence-corrected chi connectivity index (χ0v) is 19.0. The Bertz CT molecular complexity index is 943. The van der Waals surface area contributed by atoms with Gasteiger partial charge in [-0.2, -0.15) is 0 Å². The molecule has 2 aliphatic rings. The fourth-order valence-electron chi connectivity index (χ4n) is 4.00. The molecule has 2 saturated heterocycles. The molecule has 1 amide bonds. The van der Waals surface area contributed by atoms with Crippen LogP contribution in [0.4, 0.5) is 20.4 Å². The predicted octanol–water partition coefficient (Wildman–Crippen LogP) is 3.25. The van der Waals surface area contributed by atoms with Gasteiger partial charge in [0.15, 0.2) is 11.6 Å². The van der Waals surface area contributed by atoms with Gasteiger partial charge in [0, 0.05) is 60.3 Å². The number of likely N-dealkylation sites (N-methyl/N-ethyl adjacent to an activating group) is 1. The van der Waals surface area contributed by atoms with Gasteiger partial charge in [0.25, 0.3) is 0 Å². The third-order valence-electron chi connectivity index (χ3n) is 5.72. The van der Waals surface area contributed by atoms with E-state index in [9.17, 15) is 13.6 Å². The average Bonchev–Trinajstić information content (AvgIpc) is 3.09. The van der Waals surface area contributed by atoms with Crippen molar-refractivity contribution < 1.29 is 18.3 Å². The van der Waals surface area contributed by atoms with Crippen molar-refractivity contribution in [2.45, 2.75) is 12.3 Å². The highest BCUT2D eigenvalue weighted by atomic mass is 127. The van der Waals surface area contributed by atoms with Crippen molar-refractivity contribution in [3.63, 3.8) is 0 Å². The minimum atomic E-state index is -0.549. The Morgan fingerprint density at radius 2 is 1.87 bits per heavy atom. The van der Waals surface area contributed by atoms with Gasteiger partial charge in [0.05, 0.1) is 7.11 Å². The van der Waals surface area contributed by atoms with Crippen LogP contribution in [-0.4, -0.2) is 62.7 Å². The van der Waals surface area contributed by atoms with Crippen LogP contribution in [0.2, 0.25) is 0 Å². The molecular weight excluding hydrogens is 505 g/mol. The number of halogens is 3. The van der Waals surface area contributed by atoms with E-state index in [0.29, 0.717) is 20.7 Å². The molecule has 2 aromatic rings. The Balaban J connectivity index is 1.60. The van der Waals surface area contributed by atoms with Crippen molar-refractivity contribution in [3.05, 3.63) is 45.0 Å². The van der Waals surface area contributed by atoms with Gasteiger partial charge in [-0.05, 0) is 47.8 Å². The lowest BCUT2D eigenvalue weighted by Gasteiger charge is -2.33. The van der Waals surface area contributed by atoms with Crippen molar-refractivity contribution in [2.75, 3.05) is 56.7 Å². The Kier molecular flexibility index (Phi) is 6.10. The molecule has 0 aliphatic carbocycles. The molecular formula is C21H23F2IN4O2. The molecule has 1 aromatic carbocycles. The molecule has 160 valence electrons. The Labute approximate surface area is 187 Å². The summed E-state index contributed by atoms with van der Waals surface area (Å²) in [6.07, 6.45) is 0.110. The standard InChI is InChI=1S/C21H23F2IN4O2/c1-26-5-7-27(8-6-26)18-4-3-15(22)21(25-18)28-12-13(9-19(28)29)20-16(23)10-14(30-2)11-17(20)24/h3-4,10-11,13H,5-9,12H2,1-2H3/t13-/m0/s1. The Hall–Kier alpha value is -2.01. The largest absolute Gasteiger partial charge is 0.497 e. The number of carbonyl (C=O) groups excluding carboxylic acids is 1. The number of hydrogen-bond donors (Lipinski definition) is 0. The van der Waals surface area contributed by atoms with Crippen LogP contribution in [0.15, 0.2) is 24.3 Å². The van der Waals surface area contributed by atoms with Crippen LogP contribution in [-0.2, 0) is 4.79 Å². The summed E-state index contributed by atoms with van der Waals surface area (Å²) in [7, 11) is 3.54. The molecule has 0 unspecified atom stereocenters. The van der Waals surface area contributed by atoms with Gasteiger partial charge in [-0.25, -0.2) is 13.8 Å². The first-order chi connectivity index (χ1) is 14.4. The number of methoxy groups -OCH3 is 1. The number of aromatic nitrogens is 1. The van der Waals surface area contributed by atoms with Crippen LogP contribution < -0.4 is 14.5 Å². The second-order valence-electron chi connectivity index (χ2n) is 7.68. The molecule has 4 rings (SSSR count). The van der Waals surface area contributed by atoms with E-state index in [0.717, 1.165) is 26.2 Å². The SMILES string of the molecule is COc1cc(F)c([C@H]2CC(=O)N(c3nc(N4CCN(C)CC4)ccc3F)C2)c(I)c1. The number of rotatable bonds is 4. The lowest BCUT2D eigenvalue weighted by Crippen LogP contribution is -2.45. The molecule has 2 fully saturated rings. The zero-order chi connectivity index (χ0) is 21.4. The molecule has 0 radical (unpaired) electrons. The van der Waals surface area contributed by atoms with E-state index >= 15 is 0 Å². The molecule has 6 nitrogen and oxygen atoms in total. The maximum atomic E-state index is 14.7. The number of carbonyl (C=O) groups is 1. The first kappa shape index (κ1) is 21.2. The molecule has 0 N–H and O–H groups in total. The number of pyridine rings is 1. The van der Waals surface area contributed by atoms with E-state index in [1.54, 1.807) is 12.1 Å². The Morgan fingerprint density at radius 1 is 1.13 bits per heavy atom. The van der Waals surface area contributed by atoms with Crippen LogP contribution in [0.1, 0.15) is 17.9 Å². The first-order valence-electron chi connectivity index (χ1n) is 9.80. The van der Waals surface area contributed by atoms with Gasteiger partial charge in [-0.1, -0.05) is 0 Å². The maximum absolute atomic E-state index is 14.7. The molecule has 1 aromatic heterocycles. The quantitative estimate of drug-likeness (QED) is 0.571. The van der Waals surface area contributed by atoms with Gasteiger partial charge in [0.1, 0.15) is 17.4 Å². The fraction of sp³-hybridized carbons (Fsp3) is 0.429. The number of nitrogens with zero attached hydrogens (tertiary/aromatic N) is 4.